The largest absolute Gasteiger partial charge is 0.385 e. The zero-order chi connectivity index (χ0) is 19.8. The molecule has 1 N–H and O–H groups in total. The van der Waals surface area contributed by atoms with Crippen LogP contribution in [0.4, 0.5) is 5.69 Å². The fourth-order valence-electron chi connectivity index (χ4n) is 3.47. The highest BCUT2D eigenvalue weighted by atomic mass is 16.5. The van der Waals surface area contributed by atoms with E-state index in [0.29, 0.717) is 26.2 Å². The minimum absolute atomic E-state index is 0.0666. The minimum Gasteiger partial charge on any atom is -0.385 e. The van der Waals surface area contributed by atoms with Crippen molar-refractivity contribution in [2.75, 3.05) is 38.3 Å². The zero-order valence-corrected chi connectivity index (χ0v) is 16.3. The lowest BCUT2D eigenvalue weighted by Crippen LogP contribution is -2.44. The van der Waals surface area contributed by atoms with Gasteiger partial charge in [-0.2, -0.15) is 5.10 Å². The van der Waals surface area contributed by atoms with Gasteiger partial charge in [0.2, 0.25) is 5.91 Å². The highest BCUT2D eigenvalue weighted by molar-refractivity contribution is 5.79. The quantitative estimate of drug-likeness (QED) is 0.701. The summed E-state index contributed by atoms with van der Waals surface area (Å²) in [5, 5.41) is 7.32. The Hall–Kier alpha value is -2.67. The van der Waals surface area contributed by atoms with E-state index < -0.39 is 0 Å². The smallest absolute Gasteiger partial charge is 0.269 e. The number of rotatable bonds is 8. The zero-order valence-electron chi connectivity index (χ0n) is 16.3. The molecule has 1 aliphatic rings. The normalized spacial score (nSPS) is 16.8. The van der Waals surface area contributed by atoms with Crippen LogP contribution in [-0.2, 0) is 16.1 Å². The maximum absolute atomic E-state index is 12.5. The molecule has 7 nitrogen and oxygen atoms in total. The molecule has 0 aliphatic carbocycles. The van der Waals surface area contributed by atoms with Crippen molar-refractivity contribution in [1.29, 1.82) is 0 Å². The first-order valence-corrected chi connectivity index (χ1v) is 9.80. The Balaban J connectivity index is 1.60. The maximum Gasteiger partial charge on any atom is 0.269 e. The molecule has 150 valence electrons. The second kappa shape index (κ2) is 10.0. The van der Waals surface area contributed by atoms with Gasteiger partial charge in [-0.3, -0.25) is 9.59 Å². The number of amides is 1. The molecule has 28 heavy (non-hydrogen) atoms. The van der Waals surface area contributed by atoms with Crippen LogP contribution in [0.3, 0.4) is 0 Å². The molecule has 7 heteroatoms. The van der Waals surface area contributed by atoms with Crippen molar-refractivity contribution in [2.45, 2.75) is 25.8 Å². The van der Waals surface area contributed by atoms with Crippen molar-refractivity contribution in [3.8, 4) is 0 Å². The lowest BCUT2D eigenvalue weighted by molar-refractivity contribution is -0.125. The van der Waals surface area contributed by atoms with E-state index in [4.69, 9.17) is 4.74 Å². The van der Waals surface area contributed by atoms with Gasteiger partial charge in [-0.1, -0.05) is 30.3 Å². The van der Waals surface area contributed by atoms with E-state index >= 15 is 0 Å². The summed E-state index contributed by atoms with van der Waals surface area (Å²) >= 11 is 0. The molecule has 0 bridgehead atoms. The first kappa shape index (κ1) is 20.1. The Labute approximate surface area is 165 Å². The van der Waals surface area contributed by atoms with E-state index in [1.54, 1.807) is 19.4 Å². The number of hydrogen-bond donors (Lipinski definition) is 1. The van der Waals surface area contributed by atoms with Crippen molar-refractivity contribution < 1.29 is 9.53 Å². The molecule has 2 heterocycles. The molecule has 0 radical (unpaired) electrons. The number of aromatic nitrogens is 2. The lowest BCUT2D eigenvalue weighted by atomic mass is 9.97. The van der Waals surface area contributed by atoms with E-state index in [1.165, 1.54) is 4.68 Å². The molecular weight excluding hydrogens is 356 g/mol. The number of carbonyl (C=O) groups is 1. The Morgan fingerprint density at radius 2 is 2.14 bits per heavy atom. The van der Waals surface area contributed by atoms with Gasteiger partial charge < -0.3 is 15.0 Å². The molecule has 3 rings (SSSR count). The highest BCUT2D eigenvalue weighted by Gasteiger charge is 2.26. The summed E-state index contributed by atoms with van der Waals surface area (Å²) in [5.74, 6) is 0.00854. The third-order valence-corrected chi connectivity index (χ3v) is 5.01. The number of benzene rings is 1. The molecule has 1 fully saturated rings. The number of anilines is 1. The summed E-state index contributed by atoms with van der Waals surface area (Å²) in [6, 6.07) is 11.4. The number of piperidine rings is 1. The number of nitrogens with zero attached hydrogens (tertiary/aromatic N) is 3. The van der Waals surface area contributed by atoms with Crippen LogP contribution >= 0.6 is 0 Å². The third-order valence-electron chi connectivity index (χ3n) is 5.01. The molecule has 1 saturated heterocycles. The van der Waals surface area contributed by atoms with Crippen molar-refractivity contribution in [3.05, 3.63) is 58.5 Å². The summed E-state index contributed by atoms with van der Waals surface area (Å²) in [5.41, 5.74) is 1.69. The number of nitrogens with one attached hydrogen (secondary N) is 1. The van der Waals surface area contributed by atoms with E-state index in [9.17, 15) is 9.59 Å². The van der Waals surface area contributed by atoms with Crippen molar-refractivity contribution in [1.82, 2.24) is 15.1 Å². The van der Waals surface area contributed by atoms with Crippen molar-refractivity contribution >= 4 is 11.6 Å². The second-order valence-corrected chi connectivity index (χ2v) is 7.12. The number of methoxy groups -OCH3 is 1. The van der Waals surface area contributed by atoms with Crippen LogP contribution in [-0.4, -0.2) is 49.0 Å². The van der Waals surface area contributed by atoms with E-state index in [0.717, 1.165) is 37.1 Å². The molecule has 0 spiro atoms. The monoisotopic (exact) mass is 384 g/mol. The van der Waals surface area contributed by atoms with Crippen LogP contribution in [0.5, 0.6) is 0 Å². The fraction of sp³-hybridized carbons (Fsp3) is 0.476. The Morgan fingerprint density at radius 3 is 2.89 bits per heavy atom. The summed E-state index contributed by atoms with van der Waals surface area (Å²) < 4.78 is 6.47. The molecule has 0 saturated carbocycles. The Kier molecular flexibility index (Phi) is 7.19. The SMILES string of the molecule is COCCCNC(=O)[C@H]1CCCN(c2cnn(Cc3ccccc3)c(=O)c2)C1. The van der Waals surface area contributed by atoms with Gasteiger partial charge in [-0.05, 0) is 24.8 Å². The van der Waals surface area contributed by atoms with Gasteiger partial charge in [0.25, 0.3) is 5.56 Å². The molecule has 1 aliphatic heterocycles. The van der Waals surface area contributed by atoms with Crippen LogP contribution in [0.25, 0.3) is 0 Å². The van der Waals surface area contributed by atoms with E-state index in [1.807, 2.05) is 30.3 Å². The van der Waals surface area contributed by atoms with Gasteiger partial charge in [0, 0.05) is 39.4 Å². The van der Waals surface area contributed by atoms with Crippen LogP contribution in [0, 0.1) is 5.92 Å². The van der Waals surface area contributed by atoms with E-state index in [2.05, 4.69) is 15.3 Å². The Morgan fingerprint density at radius 1 is 1.32 bits per heavy atom. The maximum atomic E-state index is 12.5. The van der Waals surface area contributed by atoms with Gasteiger partial charge in [0.05, 0.1) is 24.3 Å². The highest BCUT2D eigenvalue weighted by Crippen LogP contribution is 2.21. The summed E-state index contributed by atoms with van der Waals surface area (Å²) in [4.78, 5) is 27.0. The topological polar surface area (TPSA) is 76.5 Å². The van der Waals surface area contributed by atoms with Gasteiger partial charge in [-0.15, -0.1) is 0 Å². The lowest BCUT2D eigenvalue weighted by Gasteiger charge is -2.33. The molecule has 2 aromatic rings. The molecule has 1 amide bonds. The first-order chi connectivity index (χ1) is 13.7. The summed E-state index contributed by atoms with van der Waals surface area (Å²) in [6.07, 6.45) is 4.32. The number of carbonyl (C=O) groups excluding carboxylic acids is 1. The average molecular weight is 384 g/mol. The van der Waals surface area contributed by atoms with Crippen LogP contribution in [0.1, 0.15) is 24.8 Å². The van der Waals surface area contributed by atoms with E-state index in [-0.39, 0.29) is 17.4 Å². The van der Waals surface area contributed by atoms with Gasteiger partial charge in [-0.25, -0.2) is 4.68 Å². The second-order valence-electron chi connectivity index (χ2n) is 7.12. The van der Waals surface area contributed by atoms with Gasteiger partial charge in [0.1, 0.15) is 0 Å². The molecule has 1 atom stereocenters. The standard InChI is InChI=1S/C21H28N4O3/c1-28-12-6-10-22-21(27)18-9-5-11-24(16-18)19-13-20(26)25(23-14-19)15-17-7-3-2-4-8-17/h2-4,7-8,13-14,18H,5-6,9-12,15-16H2,1H3,(H,22,27)/t18-/m0/s1. The van der Waals surface area contributed by atoms with Crippen molar-refractivity contribution in [3.63, 3.8) is 0 Å². The number of ether oxygens (including phenoxy) is 1. The van der Waals surface area contributed by atoms with Crippen LogP contribution in [0.2, 0.25) is 0 Å². The van der Waals surface area contributed by atoms with Crippen molar-refractivity contribution in [2.24, 2.45) is 5.92 Å². The first-order valence-electron chi connectivity index (χ1n) is 9.80. The van der Waals surface area contributed by atoms with Gasteiger partial charge in [0.15, 0.2) is 0 Å². The Bertz CT molecular complexity index is 822. The summed E-state index contributed by atoms with van der Waals surface area (Å²) in [7, 11) is 1.66. The average Bonchev–Trinajstić information content (AvgIpc) is 2.73. The molecule has 0 unspecified atom stereocenters. The van der Waals surface area contributed by atoms with Crippen LogP contribution in [0.15, 0.2) is 47.4 Å². The third kappa shape index (κ3) is 5.42. The molecular formula is C21H28N4O3. The predicted molar refractivity (Wildman–Crippen MR) is 108 cm³/mol. The summed E-state index contributed by atoms with van der Waals surface area (Å²) in [6.45, 7) is 3.16. The molecule has 1 aromatic carbocycles. The number of hydrogen-bond acceptors (Lipinski definition) is 5. The molecule has 1 aromatic heterocycles. The van der Waals surface area contributed by atoms with Crippen LogP contribution < -0.4 is 15.8 Å². The predicted octanol–water partition coefficient (Wildman–Crippen LogP) is 1.66. The fourth-order valence-corrected chi connectivity index (χ4v) is 3.47. The van der Waals surface area contributed by atoms with Gasteiger partial charge >= 0.3 is 0 Å². The minimum atomic E-state index is -0.132.